The van der Waals surface area contributed by atoms with Gasteiger partial charge in [0.2, 0.25) is 5.96 Å². The molecule has 0 spiro atoms. The van der Waals surface area contributed by atoms with E-state index in [1.165, 1.54) is 0 Å². The molecule has 0 bridgehead atoms. The lowest BCUT2D eigenvalue weighted by Crippen LogP contribution is -2.21. The first kappa shape index (κ1) is 10.2. The van der Waals surface area contributed by atoms with Crippen LogP contribution < -0.4 is 11.5 Å². The lowest BCUT2D eigenvalue weighted by Gasteiger charge is -1.88. The second kappa shape index (κ2) is 4.06. The molecule has 0 amide bonds. The van der Waals surface area contributed by atoms with Gasteiger partial charge in [0.05, 0.1) is 6.21 Å². The molecule has 0 saturated heterocycles. The Bertz CT molecular complexity index is 564. The number of furan rings is 1. The van der Waals surface area contributed by atoms with Gasteiger partial charge in [0.1, 0.15) is 11.3 Å². The first-order valence-electron chi connectivity index (χ1n) is 4.78. The fourth-order valence-electron chi connectivity index (χ4n) is 1.50. The molecule has 1 aromatic carbocycles. The Morgan fingerprint density at radius 1 is 1.31 bits per heavy atom. The van der Waals surface area contributed by atoms with Gasteiger partial charge in [0.25, 0.3) is 0 Å². The summed E-state index contributed by atoms with van der Waals surface area (Å²) in [5.74, 6) is 0.720. The van der Waals surface area contributed by atoms with E-state index in [1.807, 2.05) is 31.2 Å². The van der Waals surface area contributed by atoms with Crippen LogP contribution in [-0.4, -0.2) is 12.2 Å². The van der Waals surface area contributed by atoms with Crippen LogP contribution in [0.3, 0.4) is 0 Å². The molecule has 1 heterocycles. The molecule has 2 rings (SSSR count). The number of benzene rings is 1. The normalized spacial score (nSPS) is 11.1. The molecular formula is C11H12N4O. The molecular weight excluding hydrogens is 204 g/mol. The standard InChI is InChI=1S/C11H12N4O/c1-7-9(6-14-15-11(12)13)8-4-2-3-5-10(8)16-7/h2-6H,1H3,(H4,12,13,15)/b14-6+. The molecule has 5 heteroatoms. The Hall–Kier alpha value is -2.30. The van der Waals surface area contributed by atoms with E-state index in [2.05, 4.69) is 10.2 Å². The van der Waals surface area contributed by atoms with Crippen molar-refractivity contribution in [3.63, 3.8) is 0 Å². The largest absolute Gasteiger partial charge is 0.461 e. The van der Waals surface area contributed by atoms with Crippen LogP contribution in [0.15, 0.2) is 38.9 Å². The van der Waals surface area contributed by atoms with Gasteiger partial charge in [0.15, 0.2) is 0 Å². The summed E-state index contributed by atoms with van der Waals surface area (Å²) < 4.78 is 5.55. The summed E-state index contributed by atoms with van der Waals surface area (Å²) in [6, 6.07) is 7.72. The molecule has 2 aromatic rings. The Kier molecular flexibility index (Phi) is 2.59. The van der Waals surface area contributed by atoms with Crippen molar-refractivity contribution in [1.82, 2.24) is 0 Å². The molecule has 0 unspecified atom stereocenters. The van der Waals surface area contributed by atoms with Gasteiger partial charge in [-0.1, -0.05) is 18.2 Å². The van der Waals surface area contributed by atoms with Crippen molar-refractivity contribution in [3.8, 4) is 0 Å². The molecule has 5 nitrogen and oxygen atoms in total. The quantitative estimate of drug-likeness (QED) is 0.451. The van der Waals surface area contributed by atoms with Gasteiger partial charge in [-0.15, -0.1) is 5.10 Å². The topological polar surface area (TPSA) is 89.9 Å². The van der Waals surface area contributed by atoms with Gasteiger partial charge in [-0.05, 0) is 13.0 Å². The third-order valence-electron chi connectivity index (χ3n) is 2.18. The highest BCUT2D eigenvalue weighted by atomic mass is 16.3. The number of nitrogens with zero attached hydrogens (tertiary/aromatic N) is 2. The number of hydrogen-bond donors (Lipinski definition) is 2. The summed E-state index contributed by atoms with van der Waals surface area (Å²) in [5, 5.41) is 8.32. The maximum absolute atomic E-state index is 5.55. The molecule has 0 radical (unpaired) electrons. The number of fused-ring (bicyclic) bond motifs is 1. The number of nitrogens with two attached hydrogens (primary N) is 2. The lowest BCUT2D eigenvalue weighted by molar-refractivity contribution is 0.578. The highest BCUT2D eigenvalue weighted by Crippen LogP contribution is 2.23. The summed E-state index contributed by atoms with van der Waals surface area (Å²) in [5.41, 5.74) is 12.1. The first-order valence-corrected chi connectivity index (χ1v) is 4.78. The van der Waals surface area contributed by atoms with Crippen LogP contribution in [0, 0.1) is 6.92 Å². The van der Waals surface area contributed by atoms with Gasteiger partial charge in [-0.3, -0.25) is 0 Å². The van der Waals surface area contributed by atoms with Crippen LogP contribution >= 0.6 is 0 Å². The van der Waals surface area contributed by atoms with E-state index in [0.717, 1.165) is 22.3 Å². The van der Waals surface area contributed by atoms with Crippen molar-refractivity contribution in [1.29, 1.82) is 0 Å². The second-order valence-corrected chi connectivity index (χ2v) is 3.34. The molecule has 0 fully saturated rings. The van der Waals surface area contributed by atoms with E-state index in [0.29, 0.717) is 0 Å². The predicted octanol–water partition coefficient (Wildman–Crippen LogP) is 1.35. The molecule has 0 aliphatic carbocycles. The van der Waals surface area contributed by atoms with E-state index < -0.39 is 0 Å². The fraction of sp³-hybridized carbons (Fsp3) is 0.0909. The predicted molar refractivity (Wildman–Crippen MR) is 64.4 cm³/mol. The van der Waals surface area contributed by atoms with E-state index in [1.54, 1.807) is 6.21 Å². The molecule has 1 aromatic heterocycles. The fourth-order valence-corrected chi connectivity index (χ4v) is 1.50. The molecule has 0 aliphatic rings. The number of rotatable bonds is 2. The zero-order valence-corrected chi connectivity index (χ0v) is 8.84. The Morgan fingerprint density at radius 3 is 2.81 bits per heavy atom. The number of para-hydroxylation sites is 1. The molecule has 16 heavy (non-hydrogen) atoms. The van der Waals surface area contributed by atoms with Crippen LogP contribution in [0.5, 0.6) is 0 Å². The smallest absolute Gasteiger partial charge is 0.211 e. The van der Waals surface area contributed by atoms with Gasteiger partial charge in [-0.2, -0.15) is 5.10 Å². The van der Waals surface area contributed by atoms with Crippen molar-refractivity contribution in [2.24, 2.45) is 21.7 Å². The molecule has 4 N–H and O–H groups in total. The Labute approximate surface area is 92.4 Å². The van der Waals surface area contributed by atoms with Crippen LogP contribution in [0.4, 0.5) is 0 Å². The van der Waals surface area contributed by atoms with Gasteiger partial charge in [-0.25, -0.2) is 0 Å². The van der Waals surface area contributed by atoms with Crippen LogP contribution in [0.1, 0.15) is 11.3 Å². The summed E-state index contributed by atoms with van der Waals surface area (Å²) in [7, 11) is 0. The van der Waals surface area contributed by atoms with Crippen molar-refractivity contribution in [2.45, 2.75) is 6.92 Å². The highest BCUT2D eigenvalue weighted by Gasteiger charge is 2.07. The lowest BCUT2D eigenvalue weighted by atomic mass is 10.1. The average Bonchev–Trinajstić information content (AvgIpc) is 2.55. The highest BCUT2D eigenvalue weighted by molar-refractivity contribution is 5.99. The van der Waals surface area contributed by atoms with Gasteiger partial charge >= 0.3 is 0 Å². The van der Waals surface area contributed by atoms with E-state index in [-0.39, 0.29) is 5.96 Å². The Morgan fingerprint density at radius 2 is 2.06 bits per heavy atom. The summed E-state index contributed by atoms with van der Waals surface area (Å²) >= 11 is 0. The van der Waals surface area contributed by atoms with Crippen LogP contribution in [0.25, 0.3) is 11.0 Å². The van der Waals surface area contributed by atoms with Crippen LogP contribution in [-0.2, 0) is 0 Å². The maximum atomic E-state index is 5.55. The molecule has 0 aliphatic heterocycles. The SMILES string of the molecule is Cc1oc2ccccc2c1/C=N/N=C(N)N. The Balaban J connectivity index is 2.47. The molecule has 0 saturated carbocycles. The van der Waals surface area contributed by atoms with Crippen molar-refractivity contribution >= 4 is 23.1 Å². The van der Waals surface area contributed by atoms with Gasteiger partial charge in [0, 0.05) is 10.9 Å². The van der Waals surface area contributed by atoms with E-state index in [4.69, 9.17) is 15.9 Å². The average molecular weight is 216 g/mol. The summed E-state index contributed by atoms with van der Waals surface area (Å²) in [6.07, 6.45) is 1.58. The third-order valence-corrected chi connectivity index (χ3v) is 2.18. The maximum Gasteiger partial charge on any atom is 0.211 e. The molecule has 82 valence electrons. The van der Waals surface area contributed by atoms with Crippen LogP contribution in [0.2, 0.25) is 0 Å². The minimum atomic E-state index is -0.0679. The number of guanidine groups is 1. The monoisotopic (exact) mass is 216 g/mol. The van der Waals surface area contributed by atoms with Crippen molar-refractivity contribution in [3.05, 3.63) is 35.6 Å². The summed E-state index contributed by atoms with van der Waals surface area (Å²) in [4.78, 5) is 0. The minimum absolute atomic E-state index is 0.0679. The first-order chi connectivity index (χ1) is 7.68. The number of hydrogen-bond acceptors (Lipinski definition) is 3. The second-order valence-electron chi connectivity index (χ2n) is 3.34. The molecule has 0 atom stereocenters. The third kappa shape index (κ3) is 1.88. The van der Waals surface area contributed by atoms with E-state index in [9.17, 15) is 0 Å². The minimum Gasteiger partial charge on any atom is -0.461 e. The zero-order chi connectivity index (χ0) is 11.5. The van der Waals surface area contributed by atoms with Crippen molar-refractivity contribution in [2.75, 3.05) is 0 Å². The van der Waals surface area contributed by atoms with Gasteiger partial charge < -0.3 is 15.9 Å². The zero-order valence-electron chi connectivity index (χ0n) is 8.84. The summed E-state index contributed by atoms with van der Waals surface area (Å²) in [6.45, 7) is 1.87. The van der Waals surface area contributed by atoms with Crippen molar-refractivity contribution < 1.29 is 4.42 Å². The van der Waals surface area contributed by atoms with E-state index >= 15 is 0 Å². The number of aryl methyl sites for hydroxylation is 1.